The van der Waals surface area contributed by atoms with Crippen molar-refractivity contribution >= 4 is 29.0 Å². The van der Waals surface area contributed by atoms with Gasteiger partial charge in [-0.1, -0.05) is 23.2 Å². The second-order valence-electron chi connectivity index (χ2n) is 4.15. The third-order valence-corrected chi connectivity index (χ3v) is 3.60. The van der Waals surface area contributed by atoms with Gasteiger partial charge < -0.3 is 0 Å². The molecule has 0 aromatic heterocycles. The Bertz CT molecular complexity index is 444. The van der Waals surface area contributed by atoms with E-state index in [2.05, 4.69) is 0 Å². The van der Waals surface area contributed by atoms with Gasteiger partial charge >= 0.3 is 0 Å². The molecule has 17 heavy (non-hydrogen) atoms. The number of halogens is 3. The lowest BCUT2D eigenvalue weighted by Gasteiger charge is -2.13. The number of likely N-dealkylation sites (tertiary alicyclic amines) is 1. The molecule has 0 radical (unpaired) electrons. The molecule has 1 fully saturated rings. The molecule has 0 atom stereocenters. The molecule has 1 heterocycles. The van der Waals surface area contributed by atoms with E-state index in [1.807, 2.05) is 4.90 Å². The summed E-state index contributed by atoms with van der Waals surface area (Å²) in [5.74, 6) is -0.855. The molecule has 1 aromatic rings. The molecule has 2 nitrogen and oxygen atoms in total. The first kappa shape index (κ1) is 12.8. The van der Waals surface area contributed by atoms with E-state index >= 15 is 0 Å². The van der Waals surface area contributed by atoms with Crippen molar-refractivity contribution in [2.45, 2.75) is 12.8 Å². The van der Waals surface area contributed by atoms with Gasteiger partial charge in [0.2, 0.25) is 0 Å². The highest BCUT2D eigenvalue weighted by molar-refractivity contribution is 6.42. The molecule has 0 bridgehead atoms. The largest absolute Gasteiger partial charge is 0.296 e. The molecule has 0 saturated carbocycles. The van der Waals surface area contributed by atoms with Crippen LogP contribution in [0.5, 0.6) is 0 Å². The topological polar surface area (TPSA) is 20.3 Å². The van der Waals surface area contributed by atoms with Gasteiger partial charge in [-0.2, -0.15) is 0 Å². The van der Waals surface area contributed by atoms with Gasteiger partial charge in [-0.15, -0.1) is 0 Å². The average molecular weight is 276 g/mol. The van der Waals surface area contributed by atoms with Crippen LogP contribution >= 0.6 is 23.2 Å². The van der Waals surface area contributed by atoms with Gasteiger partial charge in [0.15, 0.2) is 5.78 Å². The maximum Gasteiger partial charge on any atom is 0.179 e. The Hall–Kier alpha value is -0.640. The molecule has 0 amide bonds. The first-order valence-corrected chi connectivity index (χ1v) is 6.23. The Kier molecular flexibility index (Phi) is 4.02. The zero-order valence-corrected chi connectivity index (χ0v) is 10.7. The van der Waals surface area contributed by atoms with Gasteiger partial charge in [-0.25, -0.2) is 4.39 Å². The van der Waals surface area contributed by atoms with Crippen LogP contribution in [0.3, 0.4) is 0 Å². The fraction of sp³-hybridized carbons (Fsp3) is 0.417. The summed E-state index contributed by atoms with van der Waals surface area (Å²) in [5, 5.41) is 0.333. The van der Waals surface area contributed by atoms with Gasteiger partial charge in [-0.05, 0) is 38.1 Å². The van der Waals surface area contributed by atoms with Crippen LogP contribution in [-0.2, 0) is 0 Å². The van der Waals surface area contributed by atoms with Crippen LogP contribution < -0.4 is 0 Å². The smallest absolute Gasteiger partial charge is 0.179 e. The highest BCUT2D eigenvalue weighted by Gasteiger charge is 2.19. The highest BCUT2D eigenvalue weighted by atomic mass is 35.5. The second kappa shape index (κ2) is 5.34. The van der Waals surface area contributed by atoms with E-state index < -0.39 is 5.82 Å². The number of Topliss-reactive ketones (excluding diaryl/α,β-unsaturated/α-hetero) is 1. The second-order valence-corrected chi connectivity index (χ2v) is 4.97. The third kappa shape index (κ3) is 2.97. The molecule has 0 unspecified atom stereocenters. The molecule has 92 valence electrons. The van der Waals surface area contributed by atoms with Crippen LogP contribution in [0.1, 0.15) is 23.2 Å². The van der Waals surface area contributed by atoms with Gasteiger partial charge in [0.1, 0.15) is 5.82 Å². The number of hydrogen-bond donors (Lipinski definition) is 0. The molecule has 0 spiro atoms. The SMILES string of the molecule is O=C(CN1CCCC1)c1cc(Cl)c(Cl)cc1F. The van der Waals surface area contributed by atoms with Crippen LogP contribution in [0.25, 0.3) is 0 Å². The lowest BCUT2D eigenvalue weighted by Crippen LogP contribution is -2.27. The monoisotopic (exact) mass is 275 g/mol. The summed E-state index contributed by atoms with van der Waals surface area (Å²) in [6, 6.07) is 2.39. The summed E-state index contributed by atoms with van der Waals surface area (Å²) in [7, 11) is 0. The number of carbonyl (C=O) groups excluding carboxylic acids is 1. The Labute approximate surface area is 109 Å². The summed E-state index contributed by atoms with van der Waals surface area (Å²) in [4.78, 5) is 13.9. The molecule has 0 N–H and O–H groups in total. The third-order valence-electron chi connectivity index (χ3n) is 2.88. The summed E-state index contributed by atoms with van der Waals surface area (Å²) in [6.45, 7) is 2.04. The van der Waals surface area contributed by atoms with Crippen molar-refractivity contribution in [1.82, 2.24) is 4.90 Å². The van der Waals surface area contributed by atoms with E-state index in [1.165, 1.54) is 6.07 Å². The normalized spacial score (nSPS) is 16.4. The molecular weight excluding hydrogens is 264 g/mol. The number of hydrogen-bond acceptors (Lipinski definition) is 2. The van der Waals surface area contributed by atoms with Crippen LogP contribution in [0, 0.1) is 5.82 Å². The summed E-state index contributed by atoms with van der Waals surface area (Å²) in [6.07, 6.45) is 2.19. The van der Waals surface area contributed by atoms with Crippen molar-refractivity contribution in [3.63, 3.8) is 0 Å². The van der Waals surface area contributed by atoms with Crippen molar-refractivity contribution in [2.24, 2.45) is 0 Å². The molecule has 5 heteroatoms. The van der Waals surface area contributed by atoms with Gasteiger partial charge in [0.25, 0.3) is 0 Å². The van der Waals surface area contributed by atoms with Crippen LogP contribution in [0.15, 0.2) is 12.1 Å². The zero-order chi connectivity index (χ0) is 12.4. The molecule has 1 aromatic carbocycles. The molecule has 0 aliphatic carbocycles. The minimum atomic E-state index is -0.608. The van der Waals surface area contributed by atoms with Crippen molar-refractivity contribution in [3.8, 4) is 0 Å². The first-order chi connectivity index (χ1) is 8.08. The number of benzene rings is 1. The van der Waals surface area contributed by atoms with E-state index in [9.17, 15) is 9.18 Å². The molecule has 1 aliphatic rings. The maximum atomic E-state index is 13.6. The van der Waals surface area contributed by atoms with Crippen LogP contribution in [0.2, 0.25) is 10.0 Å². The van der Waals surface area contributed by atoms with Gasteiger partial charge in [-0.3, -0.25) is 9.69 Å². The summed E-state index contributed by atoms with van der Waals surface area (Å²) >= 11 is 11.4. The summed E-state index contributed by atoms with van der Waals surface area (Å²) in [5.41, 5.74) is 0.0197. The van der Waals surface area contributed by atoms with Crippen molar-refractivity contribution in [2.75, 3.05) is 19.6 Å². The molecule has 2 rings (SSSR count). The Morgan fingerprint density at radius 1 is 1.24 bits per heavy atom. The molecule has 1 aliphatic heterocycles. The van der Waals surface area contributed by atoms with Crippen LogP contribution in [0.4, 0.5) is 4.39 Å². The van der Waals surface area contributed by atoms with E-state index in [0.717, 1.165) is 32.0 Å². The number of rotatable bonds is 3. The quantitative estimate of drug-likeness (QED) is 0.623. The number of ketones is 1. The predicted octanol–water partition coefficient (Wildman–Crippen LogP) is 3.41. The van der Waals surface area contributed by atoms with E-state index in [4.69, 9.17) is 23.2 Å². The van der Waals surface area contributed by atoms with Crippen molar-refractivity contribution < 1.29 is 9.18 Å². The first-order valence-electron chi connectivity index (χ1n) is 5.48. The zero-order valence-electron chi connectivity index (χ0n) is 9.18. The van der Waals surface area contributed by atoms with E-state index in [-0.39, 0.29) is 27.9 Å². The van der Waals surface area contributed by atoms with Crippen molar-refractivity contribution in [3.05, 3.63) is 33.6 Å². The lowest BCUT2D eigenvalue weighted by molar-refractivity contribution is 0.0941. The lowest BCUT2D eigenvalue weighted by atomic mass is 10.1. The van der Waals surface area contributed by atoms with E-state index in [1.54, 1.807) is 0 Å². The predicted molar refractivity (Wildman–Crippen MR) is 66.4 cm³/mol. The maximum absolute atomic E-state index is 13.6. The van der Waals surface area contributed by atoms with Gasteiger partial charge in [0.05, 0.1) is 22.2 Å². The Balaban J connectivity index is 2.15. The standard InChI is InChI=1S/C12H12Cl2FNO/c13-9-5-8(11(15)6-10(9)14)12(17)7-16-3-1-2-4-16/h5-6H,1-4,7H2. The Morgan fingerprint density at radius 2 is 1.82 bits per heavy atom. The number of carbonyl (C=O) groups is 1. The minimum absolute atomic E-state index is 0.0197. The van der Waals surface area contributed by atoms with Gasteiger partial charge in [0, 0.05) is 0 Å². The molecule has 1 saturated heterocycles. The van der Waals surface area contributed by atoms with Crippen molar-refractivity contribution in [1.29, 1.82) is 0 Å². The Morgan fingerprint density at radius 3 is 2.47 bits per heavy atom. The fourth-order valence-corrected chi connectivity index (χ4v) is 2.28. The fourth-order valence-electron chi connectivity index (χ4n) is 1.97. The highest BCUT2D eigenvalue weighted by Crippen LogP contribution is 2.25. The average Bonchev–Trinajstić information content (AvgIpc) is 2.76. The summed E-state index contributed by atoms with van der Waals surface area (Å²) < 4.78 is 13.6. The van der Waals surface area contributed by atoms with Crippen LogP contribution in [-0.4, -0.2) is 30.3 Å². The number of nitrogens with zero attached hydrogens (tertiary/aromatic N) is 1. The molecular formula is C12H12Cl2FNO. The minimum Gasteiger partial charge on any atom is -0.296 e. The van der Waals surface area contributed by atoms with E-state index in [0.29, 0.717) is 0 Å².